The van der Waals surface area contributed by atoms with Gasteiger partial charge in [-0.1, -0.05) is 59.3 Å². The normalized spacial score (nSPS) is 11.5. The van der Waals surface area contributed by atoms with Crippen LogP contribution in [0.2, 0.25) is 0 Å². The van der Waals surface area contributed by atoms with Gasteiger partial charge < -0.3 is 21.3 Å². The number of aliphatic hydroxyl groups is 1. The molecule has 0 unspecified atom stereocenters. The number of anilines is 1. The number of aromatic amines is 1. The molecule has 0 bridgehead atoms. The molecule has 6 N–H and O–H groups in total. The number of nitrogens with zero attached hydrogens (tertiary/aromatic N) is 3. The fourth-order valence-corrected chi connectivity index (χ4v) is 3.25. The Balaban J connectivity index is 0.000000304. The summed E-state index contributed by atoms with van der Waals surface area (Å²) in [5.41, 5.74) is 12.2. The minimum Gasteiger partial charge on any atom is -0.394 e. The molecule has 30 heavy (non-hydrogen) atoms. The van der Waals surface area contributed by atoms with Crippen LogP contribution in [0, 0.1) is 0 Å². The first-order valence-corrected chi connectivity index (χ1v) is 11.1. The van der Waals surface area contributed by atoms with Gasteiger partial charge in [0.15, 0.2) is 11.2 Å². The molecule has 9 nitrogen and oxygen atoms in total. The van der Waals surface area contributed by atoms with Crippen LogP contribution in [0.25, 0.3) is 11.2 Å². The number of unbranched alkanes of at least 4 members (excludes halogenated alkanes) is 3. The second-order valence-electron chi connectivity index (χ2n) is 7.77. The zero-order valence-electron chi connectivity index (χ0n) is 18.8. The van der Waals surface area contributed by atoms with E-state index in [1.54, 1.807) is 0 Å². The molecule has 0 saturated carbocycles. The molecule has 9 heteroatoms. The van der Waals surface area contributed by atoms with Gasteiger partial charge in [0.2, 0.25) is 5.95 Å². The second kappa shape index (κ2) is 14.1. The molecule has 0 saturated heterocycles. The maximum absolute atomic E-state index is 11.4. The van der Waals surface area contributed by atoms with E-state index in [0.717, 1.165) is 0 Å². The van der Waals surface area contributed by atoms with Gasteiger partial charge >= 0.3 is 0 Å². The third-order valence-electron chi connectivity index (χ3n) is 5.04. The van der Waals surface area contributed by atoms with Crippen molar-refractivity contribution in [2.45, 2.75) is 90.8 Å². The van der Waals surface area contributed by atoms with Gasteiger partial charge in [-0.05, 0) is 19.3 Å². The third-order valence-corrected chi connectivity index (χ3v) is 5.04. The van der Waals surface area contributed by atoms with Crippen molar-refractivity contribution < 1.29 is 9.84 Å². The van der Waals surface area contributed by atoms with E-state index in [2.05, 4.69) is 35.7 Å². The van der Waals surface area contributed by atoms with Crippen molar-refractivity contribution in [2.75, 3.05) is 18.9 Å². The van der Waals surface area contributed by atoms with Gasteiger partial charge in [0.05, 0.1) is 19.5 Å². The fraction of sp³-hybridized carbons (Fsp3) is 0.762. The van der Waals surface area contributed by atoms with E-state index >= 15 is 0 Å². The van der Waals surface area contributed by atoms with Crippen LogP contribution in [0.3, 0.4) is 0 Å². The van der Waals surface area contributed by atoms with Gasteiger partial charge in [-0.2, -0.15) is 4.98 Å². The van der Waals surface area contributed by atoms with E-state index in [-0.39, 0.29) is 42.5 Å². The highest BCUT2D eigenvalue weighted by Gasteiger charge is 2.22. The summed E-state index contributed by atoms with van der Waals surface area (Å²) >= 11 is 0. The van der Waals surface area contributed by atoms with Crippen LogP contribution >= 0.6 is 0 Å². The quantitative estimate of drug-likeness (QED) is 0.362. The average molecular weight is 425 g/mol. The lowest BCUT2D eigenvalue weighted by atomic mass is 9.84. The number of aromatic nitrogens is 4. The maximum Gasteiger partial charge on any atom is 0.280 e. The minimum atomic E-state index is -0.386. The van der Waals surface area contributed by atoms with Crippen LogP contribution in [-0.2, 0) is 11.5 Å². The molecule has 0 aliphatic heterocycles. The number of imidazole rings is 1. The highest BCUT2D eigenvalue weighted by molar-refractivity contribution is 5.70. The Morgan fingerprint density at radius 1 is 1.13 bits per heavy atom. The van der Waals surface area contributed by atoms with Crippen LogP contribution in [0.15, 0.2) is 11.1 Å². The van der Waals surface area contributed by atoms with Crippen LogP contribution in [0.1, 0.15) is 78.6 Å². The van der Waals surface area contributed by atoms with Gasteiger partial charge in [-0.15, -0.1) is 0 Å². The number of fused-ring (bicyclic) bond motifs is 1. The number of aliphatic hydroxyl groups excluding tert-OH is 1. The number of ether oxygens (including phenoxy) is 1. The largest absolute Gasteiger partial charge is 0.394 e. The third kappa shape index (κ3) is 8.81. The van der Waals surface area contributed by atoms with E-state index in [9.17, 15) is 4.79 Å². The molecule has 0 radical (unpaired) electrons. The molecule has 0 spiro atoms. The van der Waals surface area contributed by atoms with Crippen molar-refractivity contribution in [3.8, 4) is 0 Å². The van der Waals surface area contributed by atoms with E-state index in [4.69, 9.17) is 21.3 Å². The highest BCUT2D eigenvalue weighted by atomic mass is 16.5. The van der Waals surface area contributed by atoms with Crippen LogP contribution in [-0.4, -0.2) is 43.4 Å². The molecule has 2 aromatic heterocycles. The monoisotopic (exact) mass is 424 g/mol. The summed E-state index contributed by atoms with van der Waals surface area (Å²) in [6.45, 7) is 7.05. The Morgan fingerprint density at radius 3 is 2.20 bits per heavy atom. The van der Waals surface area contributed by atoms with E-state index < -0.39 is 0 Å². The number of rotatable bonds is 13. The predicted octanol–water partition coefficient (Wildman–Crippen LogP) is 2.92. The number of nitrogen functional groups attached to an aromatic ring is 1. The van der Waals surface area contributed by atoms with Crippen LogP contribution in [0.4, 0.5) is 5.95 Å². The minimum absolute atomic E-state index is 0.0291. The summed E-state index contributed by atoms with van der Waals surface area (Å²) in [5, 5.41) is 8.56. The SMILES string of the molecule is CCCCC(N)(CCCC)CCCC.Nc1nc2c(ncn2COCCO)c(=O)[nH]1. The van der Waals surface area contributed by atoms with E-state index in [1.807, 2.05) is 0 Å². The number of nitrogens with one attached hydrogen (secondary N) is 1. The lowest BCUT2D eigenvalue weighted by Crippen LogP contribution is -2.39. The first-order chi connectivity index (χ1) is 14.4. The van der Waals surface area contributed by atoms with Gasteiger partial charge in [-0.25, -0.2) is 4.98 Å². The number of H-pyrrole nitrogens is 1. The predicted molar refractivity (Wildman–Crippen MR) is 121 cm³/mol. The van der Waals surface area contributed by atoms with Gasteiger partial charge in [0, 0.05) is 5.54 Å². The first-order valence-electron chi connectivity index (χ1n) is 11.1. The molecule has 0 amide bonds. The van der Waals surface area contributed by atoms with Crippen molar-refractivity contribution in [3.05, 3.63) is 16.7 Å². The Bertz CT molecular complexity index is 752. The van der Waals surface area contributed by atoms with Crippen LogP contribution < -0.4 is 17.0 Å². The zero-order chi connectivity index (χ0) is 22.4. The van der Waals surface area contributed by atoms with Crippen LogP contribution in [0.5, 0.6) is 0 Å². The maximum atomic E-state index is 11.4. The lowest BCUT2D eigenvalue weighted by molar-refractivity contribution is 0.0499. The Kier molecular flexibility index (Phi) is 12.3. The molecule has 0 fully saturated rings. The molecule has 2 aromatic rings. The first kappa shape index (κ1) is 26.1. The number of hydrogen-bond acceptors (Lipinski definition) is 7. The number of nitrogens with two attached hydrogens (primary N) is 2. The summed E-state index contributed by atoms with van der Waals surface area (Å²) in [4.78, 5) is 21.6. The lowest BCUT2D eigenvalue weighted by Gasteiger charge is -2.29. The summed E-state index contributed by atoms with van der Waals surface area (Å²) in [6, 6.07) is 0. The van der Waals surface area contributed by atoms with Gasteiger partial charge in [-0.3, -0.25) is 14.3 Å². The molecular weight excluding hydrogens is 384 g/mol. The van der Waals surface area contributed by atoms with Crippen molar-refractivity contribution in [1.82, 2.24) is 19.5 Å². The second-order valence-corrected chi connectivity index (χ2v) is 7.77. The van der Waals surface area contributed by atoms with Gasteiger partial charge in [0.1, 0.15) is 6.73 Å². The summed E-state index contributed by atoms with van der Waals surface area (Å²) < 4.78 is 6.63. The van der Waals surface area contributed by atoms with Crippen molar-refractivity contribution in [3.63, 3.8) is 0 Å². The van der Waals surface area contributed by atoms with Crippen molar-refractivity contribution >= 4 is 17.1 Å². The summed E-state index contributed by atoms with van der Waals surface area (Å²) in [7, 11) is 0. The molecule has 0 aliphatic rings. The number of hydrogen-bond donors (Lipinski definition) is 4. The molecule has 2 rings (SSSR count). The van der Waals surface area contributed by atoms with Gasteiger partial charge in [0.25, 0.3) is 5.56 Å². The Labute approximate surface area is 179 Å². The summed E-state index contributed by atoms with van der Waals surface area (Å²) in [5.74, 6) is 0.0291. The standard InChI is InChI=1S/C13H29N.C8H11N5O3/c1-4-7-10-13(14,11-8-5-2)12-9-6-3;9-8-11-6-5(7(15)12-8)10-3-13(6)4-16-2-1-14/h4-12,14H2,1-3H3;3,14H,1-2,4H2,(H3,9,11,12,15). The van der Waals surface area contributed by atoms with Crippen molar-refractivity contribution in [1.29, 1.82) is 0 Å². The molecule has 2 heterocycles. The fourth-order valence-electron chi connectivity index (χ4n) is 3.25. The summed E-state index contributed by atoms with van der Waals surface area (Å²) in [6.07, 6.45) is 12.8. The topological polar surface area (TPSA) is 145 Å². The highest BCUT2D eigenvalue weighted by Crippen LogP contribution is 2.24. The smallest absolute Gasteiger partial charge is 0.280 e. The molecule has 0 atom stereocenters. The Morgan fingerprint density at radius 2 is 1.70 bits per heavy atom. The van der Waals surface area contributed by atoms with E-state index in [1.165, 1.54) is 68.7 Å². The van der Waals surface area contributed by atoms with Crippen molar-refractivity contribution in [2.24, 2.45) is 5.73 Å². The molecule has 0 aliphatic carbocycles. The molecular formula is C21H40N6O3. The van der Waals surface area contributed by atoms with E-state index in [0.29, 0.717) is 5.65 Å². The molecule has 0 aromatic carbocycles. The molecule has 172 valence electrons. The average Bonchev–Trinajstić information content (AvgIpc) is 3.13. The Hall–Kier alpha value is -1.97. The zero-order valence-corrected chi connectivity index (χ0v) is 18.8.